The largest absolute Gasteiger partial charge is 0.302 e. The molecule has 0 aliphatic heterocycles. The van der Waals surface area contributed by atoms with Gasteiger partial charge in [-0.1, -0.05) is 41.6 Å². The molecule has 1 aromatic carbocycles. The van der Waals surface area contributed by atoms with Gasteiger partial charge in [0.15, 0.2) is 11.0 Å². The van der Waals surface area contributed by atoms with Crippen LogP contribution >= 0.6 is 11.8 Å². The molecule has 4 aromatic rings. The Labute approximate surface area is 167 Å². The quantitative estimate of drug-likeness (QED) is 0.483. The van der Waals surface area contributed by atoms with E-state index in [1.807, 2.05) is 37.3 Å². The summed E-state index contributed by atoms with van der Waals surface area (Å²) < 4.78 is 3.72. The summed E-state index contributed by atoms with van der Waals surface area (Å²) in [5.74, 6) is 1.42. The number of rotatable bonds is 5. The first-order valence-electron chi connectivity index (χ1n) is 9.18. The Bertz CT molecular complexity index is 1210. The number of nitrogens with zero attached hydrogens (tertiary/aromatic N) is 5. The number of aryl methyl sites for hydroxylation is 2. The standard InChI is InChI=1S/C21H21N5OS/c1-4-25-20(16-9-5-7-14(2)11-16)23-24-21(25)28-13-17-12-19(27)26-15(3)8-6-10-18(26)22-17/h5-12H,4,13H2,1-3H3. The summed E-state index contributed by atoms with van der Waals surface area (Å²) in [7, 11) is 0. The van der Waals surface area contributed by atoms with Gasteiger partial charge in [-0.05, 0) is 39.0 Å². The second-order valence-electron chi connectivity index (χ2n) is 6.66. The molecule has 0 saturated heterocycles. The van der Waals surface area contributed by atoms with Crippen LogP contribution in [0, 0.1) is 13.8 Å². The first kappa shape index (κ1) is 18.4. The Kier molecular flexibility index (Phi) is 5.00. The van der Waals surface area contributed by atoms with E-state index in [-0.39, 0.29) is 5.56 Å². The number of fused-ring (bicyclic) bond motifs is 1. The Morgan fingerprint density at radius 1 is 1.04 bits per heavy atom. The Balaban J connectivity index is 1.62. The van der Waals surface area contributed by atoms with E-state index in [1.54, 1.807) is 22.2 Å². The fraction of sp³-hybridized carbons (Fsp3) is 0.238. The van der Waals surface area contributed by atoms with Crippen molar-refractivity contribution in [1.82, 2.24) is 24.1 Å². The molecule has 28 heavy (non-hydrogen) atoms. The second-order valence-corrected chi connectivity index (χ2v) is 7.60. The first-order chi connectivity index (χ1) is 13.6. The minimum absolute atomic E-state index is 0.0592. The molecular formula is C21H21N5OS. The molecule has 0 unspecified atom stereocenters. The van der Waals surface area contributed by atoms with Gasteiger partial charge < -0.3 is 4.57 Å². The minimum Gasteiger partial charge on any atom is -0.302 e. The molecule has 0 aliphatic carbocycles. The molecule has 0 spiro atoms. The van der Waals surface area contributed by atoms with E-state index in [4.69, 9.17) is 0 Å². The Morgan fingerprint density at radius 3 is 2.64 bits per heavy atom. The van der Waals surface area contributed by atoms with Gasteiger partial charge >= 0.3 is 0 Å². The van der Waals surface area contributed by atoms with E-state index in [0.29, 0.717) is 11.4 Å². The molecule has 0 amide bonds. The molecule has 3 heterocycles. The van der Waals surface area contributed by atoms with Crippen molar-refractivity contribution in [1.29, 1.82) is 0 Å². The van der Waals surface area contributed by atoms with E-state index in [2.05, 4.69) is 45.7 Å². The summed E-state index contributed by atoms with van der Waals surface area (Å²) in [4.78, 5) is 17.1. The molecule has 3 aromatic heterocycles. The normalized spacial score (nSPS) is 11.2. The number of benzene rings is 1. The average Bonchev–Trinajstić information content (AvgIpc) is 3.09. The van der Waals surface area contributed by atoms with Crippen molar-refractivity contribution in [2.75, 3.05) is 0 Å². The van der Waals surface area contributed by atoms with E-state index in [9.17, 15) is 4.79 Å². The second kappa shape index (κ2) is 7.59. The topological polar surface area (TPSA) is 65.1 Å². The zero-order chi connectivity index (χ0) is 19.7. The average molecular weight is 392 g/mol. The van der Waals surface area contributed by atoms with Crippen LogP contribution in [0.4, 0.5) is 0 Å². The predicted octanol–water partition coefficient (Wildman–Crippen LogP) is 3.88. The van der Waals surface area contributed by atoms with Crippen molar-refractivity contribution in [3.63, 3.8) is 0 Å². The SMILES string of the molecule is CCn1c(SCc2cc(=O)n3c(C)cccc3n2)nnc1-c1cccc(C)c1. The van der Waals surface area contributed by atoms with E-state index in [0.717, 1.165) is 34.5 Å². The third kappa shape index (κ3) is 3.45. The van der Waals surface area contributed by atoms with Crippen LogP contribution in [0.2, 0.25) is 0 Å². The van der Waals surface area contributed by atoms with Crippen molar-refractivity contribution in [2.45, 2.75) is 38.2 Å². The van der Waals surface area contributed by atoms with Gasteiger partial charge in [-0.2, -0.15) is 0 Å². The highest BCUT2D eigenvalue weighted by Gasteiger charge is 2.14. The number of hydrogen-bond acceptors (Lipinski definition) is 5. The van der Waals surface area contributed by atoms with Crippen molar-refractivity contribution < 1.29 is 0 Å². The van der Waals surface area contributed by atoms with Crippen LogP contribution in [0.25, 0.3) is 17.0 Å². The van der Waals surface area contributed by atoms with Crippen molar-refractivity contribution in [3.8, 4) is 11.4 Å². The van der Waals surface area contributed by atoms with Crippen LogP contribution in [0.1, 0.15) is 23.9 Å². The number of hydrogen-bond donors (Lipinski definition) is 0. The van der Waals surface area contributed by atoms with Crippen molar-refractivity contribution in [3.05, 3.63) is 75.8 Å². The van der Waals surface area contributed by atoms with Crippen molar-refractivity contribution >= 4 is 17.4 Å². The number of aromatic nitrogens is 5. The summed E-state index contributed by atoms with van der Waals surface area (Å²) in [6.45, 7) is 6.82. The third-order valence-corrected chi connectivity index (χ3v) is 5.59. The lowest BCUT2D eigenvalue weighted by molar-refractivity contribution is 0.687. The molecule has 6 nitrogen and oxygen atoms in total. The van der Waals surface area contributed by atoms with E-state index >= 15 is 0 Å². The molecule has 0 bridgehead atoms. The maximum absolute atomic E-state index is 12.5. The fourth-order valence-electron chi connectivity index (χ4n) is 3.25. The van der Waals surface area contributed by atoms with Gasteiger partial charge in [-0.25, -0.2) is 4.98 Å². The van der Waals surface area contributed by atoms with Crippen LogP contribution in [-0.4, -0.2) is 24.1 Å². The molecule has 7 heteroatoms. The van der Waals surface area contributed by atoms with Crippen LogP contribution in [0.3, 0.4) is 0 Å². The van der Waals surface area contributed by atoms with Gasteiger partial charge in [0.25, 0.3) is 5.56 Å². The van der Waals surface area contributed by atoms with Crippen molar-refractivity contribution in [2.24, 2.45) is 0 Å². The zero-order valence-electron chi connectivity index (χ0n) is 16.1. The van der Waals surface area contributed by atoms with Gasteiger partial charge in [0.2, 0.25) is 0 Å². The lowest BCUT2D eigenvalue weighted by Gasteiger charge is -2.08. The minimum atomic E-state index is -0.0592. The summed E-state index contributed by atoms with van der Waals surface area (Å²) in [5, 5.41) is 9.59. The van der Waals surface area contributed by atoms with Gasteiger partial charge in [0.1, 0.15) is 5.65 Å². The van der Waals surface area contributed by atoms with Crippen LogP contribution < -0.4 is 5.56 Å². The third-order valence-electron chi connectivity index (χ3n) is 4.59. The number of pyridine rings is 1. The molecule has 0 radical (unpaired) electrons. The molecule has 0 saturated carbocycles. The predicted molar refractivity (Wildman–Crippen MR) is 112 cm³/mol. The first-order valence-corrected chi connectivity index (χ1v) is 10.2. The lowest BCUT2D eigenvalue weighted by Crippen LogP contribution is -2.17. The van der Waals surface area contributed by atoms with Crippen LogP contribution in [-0.2, 0) is 12.3 Å². The monoisotopic (exact) mass is 391 g/mol. The van der Waals surface area contributed by atoms with E-state index < -0.39 is 0 Å². The van der Waals surface area contributed by atoms with Crippen LogP contribution in [0.15, 0.2) is 58.5 Å². The molecule has 0 atom stereocenters. The van der Waals surface area contributed by atoms with Gasteiger partial charge in [-0.15, -0.1) is 10.2 Å². The molecule has 0 aliphatic rings. The lowest BCUT2D eigenvalue weighted by atomic mass is 10.1. The van der Waals surface area contributed by atoms with Gasteiger partial charge in [-0.3, -0.25) is 9.20 Å². The highest BCUT2D eigenvalue weighted by Crippen LogP contribution is 2.26. The Morgan fingerprint density at radius 2 is 1.86 bits per heavy atom. The van der Waals surface area contributed by atoms with Crippen LogP contribution in [0.5, 0.6) is 0 Å². The number of thioether (sulfide) groups is 1. The molecule has 0 N–H and O–H groups in total. The Hall–Kier alpha value is -2.93. The van der Waals surface area contributed by atoms with Gasteiger partial charge in [0, 0.05) is 29.6 Å². The summed E-state index contributed by atoms with van der Waals surface area (Å²) >= 11 is 1.54. The summed E-state index contributed by atoms with van der Waals surface area (Å²) in [6, 6.07) is 15.5. The highest BCUT2D eigenvalue weighted by atomic mass is 32.2. The smallest absolute Gasteiger partial charge is 0.258 e. The fourth-order valence-corrected chi connectivity index (χ4v) is 4.15. The molecule has 4 rings (SSSR count). The maximum Gasteiger partial charge on any atom is 0.258 e. The molecular weight excluding hydrogens is 370 g/mol. The molecule has 0 fully saturated rings. The highest BCUT2D eigenvalue weighted by molar-refractivity contribution is 7.98. The molecule has 142 valence electrons. The zero-order valence-corrected chi connectivity index (χ0v) is 16.9. The summed E-state index contributed by atoms with van der Waals surface area (Å²) in [6.07, 6.45) is 0. The van der Waals surface area contributed by atoms with Gasteiger partial charge in [0.05, 0.1) is 5.69 Å². The maximum atomic E-state index is 12.5. The summed E-state index contributed by atoms with van der Waals surface area (Å²) in [5.41, 5.74) is 4.47. The van der Waals surface area contributed by atoms with E-state index in [1.165, 1.54) is 5.56 Å².